The standard InChI is InChI=1S/C15H17N3O3/c1-9-14(10(2)18-17-9)15(19)16-11-4-5-12-13(8-11)21-7-3-6-20-12/h4-5,8H,3,6-7H2,1-2H3,(H,16,19)(H,17,18). The number of aromatic amines is 1. The molecule has 0 atom stereocenters. The van der Waals surface area contributed by atoms with E-state index in [0.717, 1.165) is 12.1 Å². The number of rotatable bonds is 2. The number of H-pyrrole nitrogens is 1. The Bertz CT molecular complexity index is 659. The van der Waals surface area contributed by atoms with E-state index in [1.165, 1.54) is 0 Å². The minimum atomic E-state index is -0.187. The molecule has 1 aliphatic heterocycles. The average molecular weight is 287 g/mol. The Kier molecular flexibility index (Phi) is 3.51. The third kappa shape index (κ3) is 2.69. The first kappa shape index (κ1) is 13.5. The molecule has 2 N–H and O–H groups in total. The first-order chi connectivity index (χ1) is 10.1. The van der Waals surface area contributed by atoms with Gasteiger partial charge in [0.25, 0.3) is 5.91 Å². The summed E-state index contributed by atoms with van der Waals surface area (Å²) in [5, 5.41) is 9.70. The highest BCUT2D eigenvalue weighted by atomic mass is 16.5. The molecule has 6 heteroatoms. The molecule has 0 spiro atoms. The van der Waals surface area contributed by atoms with Crippen molar-refractivity contribution in [3.05, 3.63) is 35.2 Å². The Morgan fingerprint density at radius 1 is 1.24 bits per heavy atom. The first-order valence-corrected chi connectivity index (χ1v) is 6.87. The predicted octanol–water partition coefficient (Wildman–Crippen LogP) is 2.44. The quantitative estimate of drug-likeness (QED) is 0.889. The highest BCUT2D eigenvalue weighted by molar-refractivity contribution is 6.05. The molecule has 0 saturated heterocycles. The van der Waals surface area contributed by atoms with Crippen molar-refractivity contribution in [2.75, 3.05) is 18.5 Å². The van der Waals surface area contributed by atoms with Gasteiger partial charge in [-0.15, -0.1) is 0 Å². The highest BCUT2D eigenvalue weighted by Gasteiger charge is 2.17. The fraction of sp³-hybridized carbons (Fsp3) is 0.333. The number of hydrogen-bond donors (Lipinski definition) is 2. The summed E-state index contributed by atoms with van der Waals surface area (Å²) in [5.41, 5.74) is 2.67. The lowest BCUT2D eigenvalue weighted by atomic mass is 10.2. The number of nitrogens with one attached hydrogen (secondary N) is 2. The summed E-state index contributed by atoms with van der Waals surface area (Å²) < 4.78 is 11.2. The van der Waals surface area contributed by atoms with Gasteiger partial charge in [0.1, 0.15) is 0 Å². The molecule has 6 nitrogen and oxygen atoms in total. The number of carbonyl (C=O) groups is 1. The number of ether oxygens (including phenoxy) is 2. The van der Waals surface area contributed by atoms with Crippen LogP contribution in [0, 0.1) is 13.8 Å². The van der Waals surface area contributed by atoms with E-state index in [1.54, 1.807) is 19.1 Å². The fourth-order valence-electron chi connectivity index (χ4n) is 2.32. The van der Waals surface area contributed by atoms with E-state index in [-0.39, 0.29) is 5.91 Å². The number of hydrogen-bond acceptors (Lipinski definition) is 4. The molecule has 1 amide bonds. The highest BCUT2D eigenvalue weighted by Crippen LogP contribution is 2.32. The van der Waals surface area contributed by atoms with Crippen LogP contribution in [0.2, 0.25) is 0 Å². The van der Waals surface area contributed by atoms with Gasteiger partial charge in [0.2, 0.25) is 0 Å². The van der Waals surface area contributed by atoms with Crippen molar-refractivity contribution >= 4 is 11.6 Å². The van der Waals surface area contributed by atoms with Crippen LogP contribution in [0.25, 0.3) is 0 Å². The third-order valence-electron chi connectivity index (χ3n) is 3.36. The van der Waals surface area contributed by atoms with Gasteiger partial charge in [-0.3, -0.25) is 9.89 Å². The molecule has 0 radical (unpaired) electrons. The van der Waals surface area contributed by atoms with E-state index in [9.17, 15) is 4.79 Å². The number of carbonyl (C=O) groups excluding carboxylic acids is 1. The lowest BCUT2D eigenvalue weighted by molar-refractivity contribution is 0.102. The summed E-state index contributed by atoms with van der Waals surface area (Å²) in [7, 11) is 0. The van der Waals surface area contributed by atoms with Crippen LogP contribution in [0.4, 0.5) is 5.69 Å². The number of anilines is 1. The van der Waals surface area contributed by atoms with Crippen LogP contribution < -0.4 is 14.8 Å². The van der Waals surface area contributed by atoms with Crippen LogP contribution >= 0.6 is 0 Å². The summed E-state index contributed by atoms with van der Waals surface area (Å²) in [6, 6.07) is 5.39. The Morgan fingerprint density at radius 2 is 2.00 bits per heavy atom. The maximum atomic E-state index is 12.3. The molecule has 2 aromatic rings. The van der Waals surface area contributed by atoms with Crippen molar-refractivity contribution in [2.24, 2.45) is 0 Å². The van der Waals surface area contributed by atoms with E-state index in [4.69, 9.17) is 9.47 Å². The molecule has 110 valence electrons. The van der Waals surface area contributed by atoms with Gasteiger partial charge in [0, 0.05) is 23.9 Å². The van der Waals surface area contributed by atoms with Gasteiger partial charge in [0.15, 0.2) is 11.5 Å². The van der Waals surface area contributed by atoms with Crippen molar-refractivity contribution in [2.45, 2.75) is 20.3 Å². The zero-order valence-electron chi connectivity index (χ0n) is 12.0. The van der Waals surface area contributed by atoms with Gasteiger partial charge in [-0.2, -0.15) is 5.10 Å². The number of aromatic nitrogens is 2. The van der Waals surface area contributed by atoms with Crippen molar-refractivity contribution in [3.8, 4) is 11.5 Å². The first-order valence-electron chi connectivity index (χ1n) is 6.87. The minimum Gasteiger partial charge on any atom is -0.490 e. The fourth-order valence-corrected chi connectivity index (χ4v) is 2.32. The van der Waals surface area contributed by atoms with E-state index in [2.05, 4.69) is 15.5 Å². The zero-order valence-corrected chi connectivity index (χ0v) is 12.0. The topological polar surface area (TPSA) is 76.2 Å². The lowest BCUT2D eigenvalue weighted by Crippen LogP contribution is -2.13. The molecule has 0 bridgehead atoms. The molecule has 1 aromatic heterocycles. The zero-order chi connectivity index (χ0) is 14.8. The molecule has 21 heavy (non-hydrogen) atoms. The molecule has 0 unspecified atom stereocenters. The Hall–Kier alpha value is -2.50. The van der Waals surface area contributed by atoms with Crippen LogP contribution in [0.1, 0.15) is 28.2 Å². The van der Waals surface area contributed by atoms with Gasteiger partial charge in [0.05, 0.1) is 24.5 Å². The number of nitrogens with zero attached hydrogens (tertiary/aromatic N) is 1. The molecule has 1 aliphatic rings. The second kappa shape index (κ2) is 5.47. The Balaban J connectivity index is 1.82. The van der Waals surface area contributed by atoms with Gasteiger partial charge in [-0.25, -0.2) is 0 Å². The van der Waals surface area contributed by atoms with Crippen molar-refractivity contribution in [1.82, 2.24) is 10.2 Å². The largest absolute Gasteiger partial charge is 0.490 e. The smallest absolute Gasteiger partial charge is 0.259 e. The van der Waals surface area contributed by atoms with E-state index in [0.29, 0.717) is 41.7 Å². The van der Waals surface area contributed by atoms with Crippen molar-refractivity contribution in [3.63, 3.8) is 0 Å². The van der Waals surface area contributed by atoms with E-state index < -0.39 is 0 Å². The number of benzene rings is 1. The van der Waals surface area contributed by atoms with Gasteiger partial charge < -0.3 is 14.8 Å². The summed E-state index contributed by atoms with van der Waals surface area (Å²) in [5.74, 6) is 1.18. The maximum absolute atomic E-state index is 12.3. The summed E-state index contributed by atoms with van der Waals surface area (Å²) in [4.78, 5) is 12.3. The van der Waals surface area contributed by atoms with Crippen LogP contribution in [-0.2, 0) is 0 Å². The second-order valence-electron chi connectivity index (χ2n) is 4.98. The van der Waals surface area contributed by atoms with Gasteiger partial charge in [-0.1, -0.05) is 0 Å². The Labute approximate surface area is 122 Å². The van der Waals surface area contributed by atoms with E-state index >= 15 is 0 Å². The Morgan fingerprint density at radius 3 is 2.71 bits per heavy atom. The van der Waals surface area contributed by atoms with Crippen LogP contribution in [0.15, 0.2) is 18.2 Å². The van der Waals surface area contributed by atoms with Crippen LogP contribution in [0.3, 0.4) is 0 Å². The predicted molar refractivity (Wildman–Crippen MR) is 78.1 cm³/mol. The van der Waals surface area contributed by atoms with Crippen LogP contribution in [-0.4, -0.2) is 29.3 Å². The summed E-state index contributed by atoms with van der Waals surface area (Å²) >= 11 is 0. The molecule has 0 saturated carbocycles. The number of fused-ring (bicyclic) bond motifs is 1. The van der Waals surface area contributed by atoms with Crippen molar-refractivity contribution < 1.29 is 14.3 Å². The number of amides is 1. The molecule has 3 rings (SSSR count). The molecular weight excluding hydrogens is 270 g/mol. The summed E-state index contributed by atoms with van der Waals surface area (Å²) in [6.07, 6.45) is 0.851. The average Bonchev–Trinajstić information content (AvgIpc) is 2.67. The molecule has 0 aliphatic carbocycles. The molecule has 0 fully saturated rings. The van der Waals surface area contributed by atoms with Gasteiger partial charge >= 0.3 is 0 Å². The molecular formula is C15H17N3O3. The van der Waals surface area contributed by atoms with Crippen molar-refractivity contribution in [1.29, 1.82) is 0 Å². The normalized spacial score (nSPS) is 13.6. The third-order valence-corrected chi connectivity index (χ3v) is 3.36. The molecule has 2 heterocycles. The summed E-state index contributed by atoms with van der Waals surface area (Å²) in [6.45, 7) is 4.88. The molecule has 1 aromatic carbocycles. The van der Waals surface area contributed by atoms with Crippen LogP contribution in [0.5, 0.6) is 11.5 Å². The number of aryl methyl sites for hydroxylation is 2. The van der Waals surface area contributed by atoms with E-state index in [1.807, 2.05) is 13.0 Å². The lowest BCUT2D eigenvalue weighted by Gasteiger charge is -2.10. The monoisotopic (exact) mass is 287 g/mol. The van der Waals surface area contributed by atoms with Gasteiger partial charge in [-0.05, 0) is 26.0 Å². The second-order valence-corrected chi connectivity index (χ2v) is 4.98. The SMILES string of the molecule is Cc1n[nH]c(C)c1C(=O)Nc1ccc2c(c1)OCCCO2. The maximum Gasteiger partial charge on any atom is 0.259 e. The minimum absolute atomic E-state index is 0.187.